The molecule has 0 atom stereocenters. The first-order chi connectivity index (χ1) is 7.20. The van der Waals surface area contributed by atoms with Crippen LogP contribution < -0.4 is 0 Å². The average Bonchev–Trinajstić information content (AvgIpc) is 2.61. The van der Waals surface area contributed by atoms with E-state index in [1.165, 1.54) is 0 Å². The topological polar surface area (TPSA) is 32.9 Å². The third-order valence-electron chi connectivity index (χ3n) is 2.49. The maximum atomic E-state index is 11.5. The van der Waals surface area contributed by atoms with Gasteiger partial charge in [-0.2, -0.15) is 0 Å². The molecular formula is C13H13NO. The molecule has 0 amide bonds. The van der Waals surface area contributed by atoms with E-state index < -0.39 is 0 Å². The Balaban J connectivity index is 2.59. The van der Waals surface area contributed by atoms with Crippen LogP contribution in [0.1, 0.15) is 22.8 Å². The van der Waals surface area contributed by atoms with Gasteiger partial charge in [0.05, 0.1) is 5.69 Å². The molecule has 0 spiro atoms. The van der Waals surface area contributed by atoms with Crippen LogP contribution >= 0.6 is 0 Å². The number of ketones is 1. The first kappa shape index (κ1) is 9.71. The van der Waals surface area contributed by atoms with Gasteiger partial charge < -0.3 is 4.98 Å². The van der Waals surface area contributed by atoms with Gasteiger partial charge in [-0.1, -0.05) is 30.3 Å². The largest absolute Gasteiger partial charge is 0.360 e. The fourth-order valence-corrected chi connectivity index (χ4v) is 1.81. The minimum Gasteiger partial charge on any atom is -0.360 e. The third-order valence-corrected chi connectivity index (χ3v) is 2.49. The molecule has 0 bridgehead atoms. The molecule has 0 saturated heterocycles. The van der Waals surface area contributed by atoms with Crippen molar-refractivity contribution < 1.29 is 4.79 Å². The Morgan fingerprint density at radius 3 is 2.47 bits per heavy atom. The average molecular weight is 199 g/mol. The lowest BCUT2D eigenvalue weighted by Gasteiger charge is -2.01. The summed E-state index contributed by atoms with van der Waals surface area (Å²) in [5.74, 6) is 0.104. The molecule has 1 heterocycles. The van der Waals surface area contributed by atoms with Crippen LogP contribution in [0, 0.1) is 6.92 Å². The Morgan fingerprint density at radius 2 is 1.87 bits per heavy atom. The molecule has 0 radical (unpaired) electrons. The quantitative estimate of drug-likeness (QED) is 0.740. The number of hydrogen-bond donors (Lipinski definition) is 1. The van der Waals surface area contributed by atoms with Crippen molar-refractivity contribution in [2.75, 3.05) is 0 Å². The van der Waals surface area contributed by atoms with E-state index in [-0.39, 0.29) is 5.78 Å². The predicted octanol–water partition coefficient (Wildman–Crippen LogP) is 3.19. The van der Waals surface area contributed by atoms with Crippen LogP contribution in [0.5, 0.6) is 0 Å². The molecule has 2 aromatic rings. The van der Waals surface area contributed by atoms with Gasteiger partial charge in [0.25, 0.3) is 0 Å². The molecule has 0 aliphatic carbocycles. The predicted molar refractivity (Wildman–Crippen MR) is 61.0 cm³/mol. The smallest absolute Gasteiger partial charge is 0.162 e. The van der Waals surface area contributed by atoms with Crippen LogP contribution in [0.3, 0.4) is 0 Å². The molecular weight excluding hydrogens is 186 g/mol. The molecule has 1 N–H and O–H groups in total. The lowest BCUT2D eigenvalue weighted by molar-refractivity contribution is 0.101. The number of nitrogens with one attached hydrogen (secondary N) is 1. The molecule has 0 fully saturated rings. The van der Waals surface area contributed by atoms with Gasteiger partial charge in [-0.05, 0) is 25.0 Å². The zero-order valence-corrected chi connectivity index (χ0v) is 8.87. The van der Waals surface area contributed by atoms with Crippen LogP contribution in [0.15, 0.2) is 36.5 Å². The standard InChI is InChI=1S/C13H13NO/c1-9-8-14-13(12(9)10(2)15)11-6-4-3-5-7-11/h3-8,14H,1-2H3. The number of H-pyrrole nitrogens is 1. The van der Waals surface area contributed by atoms with E-state index in [9.17, 15) is 4.79 Å². The maximum absolute atomic E-state index is 11.5. The number of hydrogen-bond acceptors (Lipinski definition) is 1. The normalized spacial score (nSPS) is 10.3. The summed E-state index contributed by atoms with van der Waals surface area (Å²) < 4.78 is 0. The Labute approximate surface area is 89.0 Å². The Bertz CT molecular complexity index is 482. The van der Waals surface area contributed by atoms with Crippen LogP contribution in [0.2, 0.25) is 0 Å². The molecule has 2 rings (SSSR count). The van der Waals surface area contributed by atoms with Gasteiger partial charge in [0.2, 0.25) is 0 Å². The second-order valence-corrected chi connectivity index (χ2v) is 3.64. The first-order valence-electron chi connectivity index (χ1n) is 4.94. The van der Waals surface area contributed by atoms with Crippen LogP contribution in [-0.2, 0) is 0 Å². The van der Waals surface area contributed by atoms with Gasteiger partial charge in [-0.15, -0.1) is 0 Å². The van der Waals surface area contributed by atoms with E-state index in [0.29, 0.717) is 0 Å². The molecule has 2 heteroatoms. The van der Waals surface area contributed by atoms with Gasteiger partial charge in [-0.3, -0.25) is 4.79 Å². The van der Waals surface area contributed by atoms with E-state index in [0.717, 1.165) is 22.4 Å². The lowest BCUT2D eigenvalue weighted by Crippen LogP contribution is -1.95. The summed E-state index contributed by atoms with van der Waals surface area (Å²) in [6.45, 7) is 3.54. The summed E-state index contributed by atoms with van der Waals surface area (Å²) in [4.78, 5) is 14.7. The molecule has 0 unspecified atom stereocenters. The van der Waals surface area contributed by atoms with Crippen molar-refractivity contribution >= 4 is 5.78 Å². The second-order valence-electron chi connectivity index (χ2n) is 3.64. The SMILES string of the molecule is CC(=O)c1c(C)c[nH]c1-c1ccccc1. The minimum atomic E-state index is 0.104. The summed E-state index contributed by atoms with van der Waals surface area (Å²) >= 11 is 0. The molecule has 1 aromatic heterocycles. The summed E-state index contributed by atoms with van der Waals surface area (Å²) in [7, 11) is 0. The van der Waals surface area contributed by atoms with E-state index >= 15 is 0 Å². The summed E-state index contributed by atoms with van der Waals surface area (Å²) in [5, 5.41) is 0. The van der Waals surface area contributed by atoms with Crippen LogP contribution in [-0.4, -0.2) is 10.8 Å². The van der Waals surface area contributed by atoms with Crippen molar-refractivity contribution in [3.63, 3.8) is 0 Å². The van der Waals surface area contributed by atoms with Gasteiger partial charge in [-0.25, -0.2) is 0 Å². The number of carbonyl (C=O) groups is 1. The summed E-state index contributed by atoms with van der Waals surface area (Å²) in [5.41, 5.74) is 3.76. The van der Waals surface area contributed by atoms with Crippen molar-refractivity contribution in [1.82, 2.24) is 4.98 Å². The number of aryl methyl sites for hydroxylation is 1. The molecule has 15 heavy (non-hydrogen) atoms. The fraction of sp³-hybridized carbons (Fsp3) is 0.154. The number of carbonyl (C=O) groups excluding carboxylic acids is 1. The highest BCUT2D eigenvalue weighted by Gasteiger charge is 2.13. The first-order valence-corrected chi connectivity index (χ1v) is 4.94. The van der Waals surface area contributed by atoms with Crippen molar-refractivity contribution in [3.8, 4) is 11.3 Å². The van der Waals surface area contributed by atoms with E-state index in [1.807, 2.05) is 43.5 Å². The third kappa shape index (κ3) is 1.71. The maximum Gasteiger partial charge on any atom is 0.162 e. The highest BCUT2D eigenvalue weighted by molar-refractivity contribution is 6.01. The zero-order chi connectivity index (χ0) is 10.8. The minimum absolute atomic E-state index is 0.104. The molecule has 0 saturated carbocycles. The Hall–Kier alpha value is -1.83. The number of Topliss-reactive ketones (excluding diaryl/α,β-unsaturated/α-hetero) is 1. The number of aromatic nitrogens is 1. The molecule has 1 aromatic carbocycles. The van der Waals surface area contributed by atoms with Gasteiger partial charge in [0.1, 0.15) is 0 Å². The number of rotatable bonds is 2. The lowest BCUT2D eigenvalue weighted by atomic mass is 10.0. The molecule has 0 aliphatic heterocycles. The molecule has 0 aliphatic rings. The summed E-state index contributed by atoms with van der Waals surface area (Å²) in [6, 6.07) is 9.90. The van der Waals surface area contributed by atoms with E-state index in [2.05, 4.69) is 4.98 Å². The monoisotopic (exact) mass is 199 g/mol. The second kappa shape index (κ2) is 3.73. The Kier molecular flexibility index (Phi) is 2.42. The number of benzene rings is 1. The highest BCUT2D eigenvalue weighted by Crippen LogP contribution is 2.24. The van der Waals surface area contributed by atoms with Crippen LogP contribution in [0.4, 0.5) is 0 Å². The fourth-order valence-electron chi connectivity index (χ4n) is 1.81. The van der Waals surface area contributed by atoms with Gasteiger partial charge >= 0.3 is 0 Å². The Morgan fingerprint density at radius 1 is 1.20 bits per heavy atom. The van der Waals surface area contributed by atoms with Crippen molar-refractivity contribution in [2.45, 2.75) is 13.8 Å². The van der Waals surface area contributed by atoms with Crippen LogP contribution in [0.25, 0.3) is 11.3 Å². The van der Waals surface area contributed by atoms with Crippen molar-refractivity contribution in [2.24, 2.45) is 0 Å². The van der Waals surface area contributed by atoms with Crippen molar-refractivity contribution in [3.05, 3.63) is 47.7 Å². The van der Waals surface area contributed by atoms with E-state index in [1.54, 1.807) is 6.92 Å². The van der Waals surface area contributed by atoms with Gasteiger partial charge in [0, 0.05) is 11.8 Å². The van der Waals surface area contributed by atoms with Crippen molar-refractivity contribution in [1.29, 1.82) is 0 Å². The molecule has 76 valence electrons. The highest BCUT2D eigenvalue weighted by atomic mass is 16.1. The summed E-state index contributed by atoms with van der Waals surface area (Å²) in [6.07, 6.45) is 1.87. The van der Waals surface area contributed by atoms with E-state index in [4.69, 9.17) is 0 Å². The molecule has 2 nitrogen and oxygen atoms in total. The number of aromatic amines is 1. The van der Waals surface area contributed by atoms with Gasteiger partial charge in [0.15, 0.2) is 5.78 Å². The zero-order valence-electron chi connectivity index (χ0n) is 8.87.